The fraction of sp³-hybridized carbons (Fsp3) is 0.167. The minimum Gasteiger partial charge on any atom is -0.345 e. The van der Waals surface area contributed by atoms with Crippen molar-refractivity contribution in [1.82, 2.24) is 5.32 Å². The highest BCUT2D eigenvalue weighted by Crippen LogP contribution is 2.37. The van der Waals surface area contributed by atoms with Crippen molar-refractivity contribution >= 4 is 50.5 Å². The summed E-state index contributed by atoms with van der Waals surface area (Å²) in [5, 5.41) is 5.06. The van der Waals surface area contributed by atoms with Crippen LogP contribution in [0.1, 0.15) is 34.6 Å². The van der Waals surface area contributed by atoms with Crippen LogP contribution < -0.4 is 5.32 Å². The molecule has 0 spiro atoms. The van der Waals surface area contributed by atoms with E-state index in [0.717, 1.165) is 22.1 Å². The molecule has 0 radical (unpaired) electrons. The number of nitrogens with one attached hydrogen (secondary N) is 1. The molecule has 0 aliphatic heterocycles. The van der Waals surface area contributed by atoms with Crippen LogP contribution in [0.4, 0.5) is 0 Å². The molecule has 0 aliphatic carbocycles. The van der Waals surface area contributed by atoms with Gasteiger partial charge in [0.1, 0.15) is 4.88 Å². The second kappa shape index (κ2) is 6.91. The van der Waals surface area contributed by atoms with Gasteiger partial charge in [0, 0.05) is 15.1 Å². The second-order valence-electron chi connectivity index (χ2n) is 5.23. The summed E-state index contributed by atoms with van der Waals surface area (Å²) >= 11 is 13.8. The molecule has 5 heteroatoms. The maximum absolute atomic E-state index is 12.6. The Morgan fingerprint density at radius 2 is 1.91 bits per heavy atom. The van der Waals surface area contributed by atoms with E-state index in [0.29, 0.717) is 14.9 Å². The minimum absolute atomic E-state index is 0.0337. The van der Waals surface area contributed by atoms with E-state index < -0.39 is 0 Å². The summed E-state index contributed by atoms with van der Waals surface area (Å²) in [6.07, 6.45) is 0.810. The molecular formula is C18H15Cl2NOS. The van der Waals surface area contributed by atoms with Gasteiger partial charge in [0.25, 0.3) is 5.91 Å². The number of fused-ring (bicyclic) bond motifs is 1. The molecule has 0 bridgehead atoms. The highest BCUT2D eigenvalue weighted by atomic mass is 35.5. The van der Waals surface area contributed by atoms with E-state index in [9.17, 15) is 4.79 Å². The van der Waals surface area contributed by atoms with Gasteiger partial charge in [0.2, 0.25) is 0 Å². The van der Waals surface area contributed by atoms with Gasteiger partial charge in [0.05, 0.1) is 11.1 Å². The Balaban J connectivity index is 1.89. The topological polar surface area (TPSA) is 29.1 Å². The first-order chi connectivity index (χ1) is 11.1. The van der Waals surface area contributed by atoms with Crippen LogP contribution in [0, 0.1) is 0 Å². The number of hydrogen-bond acceptors (Lipinski definition) is 2. The molecule has 1 atom stereocenters. The average molecular weight is 364 g/mol. The molecule has 1 aromatic heterocycles. The average Bonchev–Trinajstić information content (AvgIpc) is 2.89. The lowest BCUT2D eigenvalue weighted by Crippen LogP contribution is -2.27. The van der Waals surface area contributed by atoms with Gasteiger partial charge in [-0.05, 0) is 24.1 Å². The van der Waals surface area contributed by atoms with Gasteiger partial charge in [-0.2, -0.15) is 0 Å². The Kier molecular flexibility index (Phi) is 4.90. The quantitative estimate of drug-likeness (QED) is 0.596. The van der Waals surface area contributed by atoms with Crippen molar-refractivity contribution in [2.45, 2.75) is 19.4 Å². The van der Waals surface area contributed by atoms with Crippen molar-refractivity contribution in [2.75, 3.05) is 0 Å². The van der Waals surface area contributed by atoms with Crippen LogP contribution in [-0.2, 0) is 0 Å². The highest BCUT2D eigenvalue weighted by Gasteiger charge is 2.20. The molecule has 0 unspecified atom stereocenters. The van der Waals surface area contributed by atoms with Crippen molar-refractivity contribution in [3.63, 3.8) is 0 Å². The van der Waals surface area contributed by atoms with E-state index in [4.69, 9.17) is 23.2 Å². The molecule has 0 saturated heterocycles. The third kappa shape index (κ3) is 3.37. The fourth-order valence-corrected chi connectivity index (χ4v) is 4.21. The molecule has 1 amide bonds. The number of carbonyl (C=O) groups is 1. The zero-order valence-electron chi connectivity index (χ0n) is 12.5. The molecule has 1 heterocycles. The normalized spacial score (nSPS) is 12.3. The monoisotopic (exact) mass is 363 g/mol. The number of rotatable bonds is 4. The van der Waals surface area contributed by atoms with Gasteiger partial charge in [-0.3, -0.25) is 4.79 Å². The van der Waals surface area contributed by atoms with Crippen molar-refractivity contribution in [1.29, 1.82) is 0 Å². The maximum Gasteiger partial charge on any atom is 0.263 e. The summed E-state index contributed by atoms with van der Waals surface area (Å²) in [6.45, 7) is 2.05. The zero-order chi connectivity index (χ0) is 16.4. The Morgan fingerprint density at radius 3 is 2.61 bits per heavy atom. The third-order valence-electron chi connectivity index (χ3n) is 3.71. The maximum atomic E-state index is 12.6. The van der Waals surface area contributed by atoms with E-state index >= 15 is 0 Å². The van der Waals surface area contributed by atoms with E-state index in [2.05, 4.69) is 5.32 Å². The number of hydrogen-bond donors (Lipinski definition) is 1. The lowest BCUT2D eigenvalue weighted by atomic mass is 10.0. The van der Waals surface area contributed by atoms with Crippen molar-refractivity contribution in [3.05, 3.63) is 69.0 Å². The van der Waals surface area contributed by atoms with E-state index in [1.54, 1.807) is 6.07 Å². The molecule has 2 aromatic carbocycles. The molecular weight excluding hydrogens is 349 g/mol. The first kappa shape index (κ1) is 16.3. The molecule has 118 valence electrons. The number of thiophene rings is 1. The predicted octanol–water partition coefficient (Wildman–Crippen LogP) is 6.09. The molecule has 0 aliphatic rings. The van der Waals surface area contributed by atoms with Crippen LogP contribution in [0.3, 0.4) is 0 Å². The summed E-state index contributed by atoms with van der Waals surface area (Å²) in [7, 11) is 0. The van der Waals surface area contributed by atoms with Gasteiger partial charge in [-0.1, -0.05) is 66.5 Å². The van der Waals surface area contributed by atoms with Crippen LogP contribution in [0.5, 0.6) is 0 Å². The lowest BCUT2D eigenvalue weighted by Gasteiger charge is -2.17. The van der Waals surface area contributed by atoms with E-state index in [1.807, 2.05) is 49.4 Å². The van der Waals surface area contributed by atoms with Gasteiger partial charge in [0.15, 0.2) is 0 Å². The molecule has 0 saturated carbocycles. The van der Waals surface area contributed by atoms with Gasteiger partial charge >= 0.3 is 0 Å². The van der Waals surface area contributed by atoms with Gasteiger partial charge < -0.3 is 5.32 Å². The van der Waals surface area contributed by atoms with Crippen LogP contribution in [0.15, 0.2) is 48.5 Å². The zero-order valence-corrected chi connectivity index (χ0v) is 14.8. The number of amides is 1. The molecule has 2 nitrogen and oxygen atoms in total. The number of carbonyl (C=O) groups excluding carboxylic acids is 1. The predicted molar refractivity (Wildman–Crippen MR) is 98.8 cm³/mol. The Bertz CT molecular complexity index is 845. The number of benzene rings is 2. The summed E-state index contributed by atoms with van der Waals surface area (Å²) in [4.78, 5) is 13.2. The van der Waals surface area contributed by atoms with Crippen LogP contribution in [-0.4, -0.2) is 5.91 Å². The minimum atomic E-state index is -0.150. The fourth-order valence-electron chi connectivity index (χ4n) is 2.52. The summed E-state index contributed by atoms with van der Waals surface area (Å²) < 4.78 is 0.917. The third-order valence-corrected chi connectivity index (χ3v) is 5.60. The Morgan fingerprint density at radius 1 is 1.17 bits per heavy atom. The first-order valence-electron chi connectivity index (χ1n) is 7.33. The largest absolute Gasteiger partial charge is 0.345 e. The summed E-state index contributed by atoms with van der Waals surface area (Å²) in [6, 6.07) is 15.4. The van der Waals surface area contributed by atoms with E-state index in [1.165, 1.54) is 11.3 Å². The molecule has 23 heavy (non-hydrogen) atoms. The van der Waals surface area contributed by atoms with Crippen LogP contribution in [0.25, 0.3) is 10.1 Å². The summed E-state index contributed by atoms with van der Waals surface area (Å²) in [5.41, 5.74) is 1.09. The second-order valence-corrected chi connectivity index (χ2v) is 7.10. The molecule has 3 aromatic rings. The van der Waals surface area contributed by atoms with Crippen molar-refractivity contribution in [2.24, 2.45) is 0 Å². The Labute approximate surface area is 149 Å². The molecule has 0 fully saturated rings. The van der Waals surface area contributed by atoms with E-state index in [-0.39, 0.29) is 11.9 Å². The van der Waals surface area contributed by atoms with Gasteiger partial charge in [-0.25, -0.2) is 0 Å². The smallest absolute Gasteiger partial charge is 0.263 e. The van der Waals surface area contributed by atoms with Gasteiger partial charge in [-0.15, -0.1) is 11.3 Å². The molecule has 3 rings (SSSR count). The van der Waals surface area contributed by atoms with Crippen molar-refractivity contribution in [3.8, 4) is 0 Å². The highest BCUT2D eigenvalue weighted by molar-refractivity contribution is 7.21. The number of halogens is 2. The molecule has 1 N–H and O–H groups in total. The Hall–Kier alpha value is -1.55. The standard InChI is InChI=1S/C18H15Cl2NOS/c1-2-14(11-6-4-3-5-7-11)21-18(22)17-16(20)13-9-8-12(19)10-15(13)23-17/h3-10,14H,2H2,1H3,(H,21,22)/t14-/m0/s1. The van der Waals surface area contributed by atoms with Crippen LogP contribution in [0.2, 0.25) is 10.0 Å². The van der Waals surface area contributed by atoms with Crippen molar-refractivity contribution < 1.29 is 4.79 Å². The lowest BCUT2D eigenvalue weighted by molar-refractivity contribution is 0.0940. The summed E-state index contributed by atoms with van der Waals surface area (Å²) in [5.74, 6) is -0.150. The first-order valence-corrected chi connectivity index (χ1v) is 8.90. The SMILES string of the molecule is CC[C@H](NC(=O)c1sc2cc(Cl)ccc2c1Cl)c1ccccc1. The van der Waals surface area contributed by atoms with Crippen LogP contribution >= 0.6 is 34.5 Å².